The fraction of sp³-hybridized carbons (Fsp3) is 0.474. The predicted molar refractivity (Wildman–Crippen MR) is 109 cm³/mol. The van der Waals surface area contributed by atoms with E-state index >= 15 is 0 Å². The number of rotatable bonds is 8. The maximum atomic E-state index is 12.1. The van der Waals surface area contributed by atoms with Gasteiger partial charge < -0.3 is 10.6 Å². The number of hydrogen-bond donors (Lipinski definition) is 3. The number of pyridine rings is 1. The molecular formula is C19H27N5O2S. The van der Waals surface area contributed by atoms with Crippen LogP contribution in [0.2, 0.25) is 0 Å². The number of fused-ring (bicyclic) bond motifs is 1. The Morgan fingerprint density at radius 1 is 1.22 bits per heavy atom. The number of para-hydroxylation sites is 1. The van der Waals surface area contributed by atoms with Crippen LogP contribution in [-0.4, -0.2) is 45.3 Å². The first-order valence-electron chi connectivity index (χ1n) is 9.32. The monoisotopic (exact) mass is 389 g/mol. The second-order valence-corrected chi connectivity index (χ2v) is 8.73. The Balaban J connectivity index is 1.46. The van der Waals surface area contributed by atoms with Gasteiger partial charge in [-0.2, -0.15) is 0 Å². The van der Waals surface area contributed by atoms with E-state index in [0.29, 0.717) is 31.5 Å². The Hall–Kier alpha value is -2.19. The van der Waals surface area contributed by atoms with Crippen LogP contribution >= 0.6 is 0 Å². The van der Waals surface area contributed by atoms with Crippen LogP contribution in [0.25, 0.3) is 10.9 Å². The molecule has 3 rings (SSSR count). The zero-order valence-corrected chi connectivity index (χ0v) is 16.4. The number of sulfonamides is 1. The summed E-state index contributed by atoms with van der Waals surface area (Å²) < 4.78 is 26.8. The Morgan fingerprint density at radius 2 is 2.04 bits per heavy atom. The molecule has 0 radical (unpaired) electrons. The van der Waals surface area contributed by atoms with Crippen molar-refractivity contribution in [3.8, 4) is 0 Å². The average molecular weight is 390 g/mol. The van der Waals surface area contributed by atoms with Crippen molar-refractivity contribution in [1.82, 2.24) is 20.3 Å². The molecule has 0 bridgehead atoms. The van der Waals surface area contributed by atoms with Crippen molar-refractivity contribution in [3.63, 3.8) is 0 Å². The fourth-order valence-corrected chi connectivity index (χ4v) is 4.03. The summed E-state index contributed by atoms with van der Waals surface area (Å²) in [7, 11) is -1.59. The van der Waals surface area contributed by atoms with Gasteiger partial charge in [-0.25, -0.2) is 13.1 Å². The maximum Gasteiger partial charge on any atom is 0.213 e. The lowest BCUT2D eigenvalue weighted by molar-refractivity contribution is 0.316. The summed E-state index contributed by atoms with van der Waals surface area (Å²) in [5, 5.41) is 7.38. The van der Waals surface area contributed by atoms with E-state index in [9.17, 15) is 8.42 Å². The van der Waals surface area contributed by atoms with Crippen LogP contribution in [0.3, 0.4) is 0 Å². The molecule has 1 aromatic carbocycles. The number of aliphatic imine (C=N–C) groups is 1. The molecule has 1 aliphatic carbocycles. The lowest BCUT2D eigenvalue weighted by atomic mass is 9.86. The molecule has 8 heteroatoms. The van der Waals surface area contributed by atoms with Gasteiger partial charge in [-0.15, -0.1) is 0 Å². The van der Waals surface area contributed by atoms with Gasteiger partial charge in [0.05, 0.1) is 11.3 Å². The molecular weight excluding hydrogens is 362 g/mol. The quantitative estimate of drug-likeness (QED) is 0.471. The van der Waals surface area contributed by atoms with Gasteiger partial charge >= 0.3 is 0 Å². The second-order valence-electron chi connectivity index (χ2n) is 6.80. The van der Waals surface area contributed by atoms with Gasteiger partial charge in [0.2, 0.25) is 10.0 Å². The van der Waals surface area contributed by atoms with Crippen LogP contribution < -0.4 is 15.4 Å². The zero-order valence-electron chi connectivity index (χ0n) is 15.6. The van der Waals surface area contributed by atoms with E-state index in [1.54, 1.807) is 13.2 Å². The van der Waals surface area contributed by atoms with Crippen molar-refractivity contribution in [2.24, 2.45) is 10.9 Å². The highest BCUT2D eigenvalue weighted by Gasteiger charge is 2.20. The third-order valence-corrected chi connectivity index (χ3v) is 6.24. The van der Waals surface area contributed by atoms with Crippen LogP contribution in [0.1, 0.15) is 24.8 Å². The molecule has 0 unspecified atom stereocenters. The number of benzene rings is 1. The van der Waals surface area contributed by atoms with Crippen LogP contribution in [0.15, 0.2) is 41.5 Å². The van der Waals surface area contributed by atoms with Crippen LogP contribution in [0.5, 0.6) is 0 Å². The Labute approximate surface area is 160 Å². The van der Waals surface area contributed by atoms with Crippen molar-refractivity contribution in [1.29, 1.82) is 0 Å². The third kappa shape index (κ3) is 5.64. The van der Waals surface area contributed by atoms with Gasteiger partial charge in [0, 0.05) is 38.3 Å². The second kappa shape index (κ2) is 9.14. The SMILES string of the molecule is CN=C(NCCS(=O)(=O)NCC1CCC1)NCc1ccnc2ccccc12. The first kappa shape index (κ1) is 19.6. The minimum atomic E-state index is -3.26. The van der Waals surface area contributed by atoms with Crippen molar-refractivity contribution in [3.05, 3.63) is 42.1 Å². The van der Waals surface area contributed by atoms with Gasteiger partial charge in [0.1, 0.15) is 0 Å². The van der Waals surface area contributed by atoms with Gasteiger partial charge in [0.25, 0.3) is 0 Å². The summed E-state index contributed by atoms with van der Waals surface area (Å²) in [6, 6.07) is 9.94. The van der Waals surface area contributed by atoms with Crippen LogP contribution in [0.4, 0.5) is 0 Å². The number of hydrogen-bond acceptors (Lipinski definition) is 4. The number of aromatic nitrogens is 1. The van der Waals surface area contributed by atoms with Gasteiger partial charge in [0.15, 0.2) is 5.96 Å². The highest BCUT2D eigenvalue weighted by Crippen LogP contribution is 2.25. The molecule has 27 heavy (non-hydrogen) atoms. The average Bonchev–Trinajstić information content (AvgIpc) is 2.63. The molecule has 1 saturated carbocycles. The summed E-state index contributed by atoms with van der Waals surface area (Å²) in [6.45, 7) is 1.44. The van der Waals surface area contributed by atoms with E-state index in [1.165, 1.54) is 6.42 Å². The minimum absolute atomic E-state index is 0.0264. The van der Waals surface area contributed by atoms with E-state index in [-0.39, 0.29) is 5.75 Å². The van der Waals surface area contributed by atoms with Crippen molar-refractivity contribution in [2.75, 3.05) is 25.9 Å². The van der Waals surface area contributed by atoms with Crippen molar-refractivity contribution < 1.29 is 8.42 Å². The molecule has 146 valence electrons. The highest BCUT2D eigenvalue weighted by molar-refractivity contribution is 7.89. The lowest BCUT2D eigenvalue weighted by Crippen LogP contribution is -2.41. The standard InChI is InChI=1S/C19H27N5O2S/c1-20-19(22-11-12-27(25,26)24-13-15-5-4-6-15)23-14-16-9-10-21-18-8-3-2-7-17(16)18/h2-3,7-10,15,24H,4-6,11-14H2,1H3,(H2,20,22,23). The predicted octanol–water partition coefficient (Wildman–Crippen LogP) is 1.62. The van der Waals surface area contributed by atoms with Gasteiger partial charge in [-0.05, 0) is 36.5 Å². The molecule has 0 aliphatic heterocycles. The molecule has 2 aromatic rings. The Morgan fingerprint density at radius 3 is 2.78 bits per heavy atom. The Kier molecular flexibility index (Phi) is 6.63. The Bertz CT molecular complexity index is 889. The smallest absolute Gasteiger partial charge is 0.213 e. The molecule has 0 saturated heterocycles. The minimum Gasteiger partial charge on any atom is -0.355 e. The number of nitrogens with zero attached hydrogens (tertiary/aromatic N) is 2. The number of nitrogens with one attached hydrogen (secondary N) is 3. The summed E-state index contributed by atoms with van der Waals surface area (Å²) >= 11 is 0. The molecule has 1 aromatic heterocycles. The molecule has 1 aliphatic rings. The molecule has 0 atom stereocenters. The maximum absolute atomic E-state index is 12.1. The van der Waals surface area contributed by atoms with Crippen LogP contribution in [-0.2, 0) is 16.6 Å². The topological polar surface area (TPSA) is 95.5 Å². The molecule has 1 heterocycles. The summed E-state index contributed by atoms with van der Waals surface area (Å²) in [5.74, 6) is 1.11. The molecule has 0 spiro atoms. The largest absolute Gasteiger partial charge is 0.355 e. The highest BCUT2D eigenvalue weighted by atomic mass is 32.2. The zero-order chi connectivity index (χ0) is 19.1. The fourth-order valence-electron chi connectivity index (χ4n) is 3.03. The third-order valence-electron chi connectivity index (χ3n) is 4.89. The molecule has 3 N–H and O–H groups in total. The van der Waals surface area contributed by atoms with E-state index in [0.717, 1.165) is 29.3 Å². The lowest BCUT2D eigenvalue weighted by Gasteiger charge is -2.25. The molecule has 1 fully saturated rings. The van der Waals surface area contributed by atoms with Crippen molar-refractivity contribution >= 4 is 26.9 Å². The molecule has 0 amide bonds. The van der Waals surface area contributed by atoms with Gasteiger partial charge in [-0.1, -0.05) is 24.6 Å². The van der Waals surface area contributed by atoms with E-state index in [4.69, 9.17) is 0 Å². The summed E-state index contributed by atoms with van der Waals surface area (Å²) in [5.41, 5.74) is 2.06. The number of guanidine groups is 1. The van der Waals surface area contributed by atoms with Crippen molar-refractivity contribution in [2.45, 2.75) is 25.8 Å². The van der Waals surface area contributed by atoms with Crippen LogP contribution in [0, 0.1) is 5.92 Å². The summed E-state index contributed by atoms with van der Waals surface area (Å²) in [4.78, 5) is 8.52. The van der Waals surface area contributed by atoms with E-state index in [2.05, 4.69) is 25.3 Å². The van der Waals surface area contributed by atoms with E-state index < -0.39 is 10.0 Å². The van der Waals surface area contributed by atoms with Gasteiger partial charge in [-0.3, -0.25) is 9.98 Å². The first-order chi connectivity index (χ1) is 13.1. The first-order valence-corrected chi connectivity index (χ1v) is 11.0. The normalized spacial score (nSPS) is 15.5. The van der Waals surface area contributed by atoms with E-state index in [1.807, 2.05) is 30.3 Å². The molecule has 7 nitrogen and oxygen atoms in total. The summed E-state index contributed by atoms with van der Waals surface area (Å²) in [6.07, 6.45) is 5.25.